The van der Waals surface area contributed by atoms with E-state index in [0.717, 1.165) is 37.2 Å². The maximum atomic E-state index is 14.9. The molecule has 2 unspecified atom stereocenters. The molecule has 0 spiro atoms. The summed E-state index contributed by atoms with van der Waals surface area (Å²) in [6.07, 6.45) is 2.45. The van der Waals surface area contributed by atoms with Gasteiger partial charge in [0.1, 0.15) is 11.4 Å². The Morgan fingerprint density at radius 3 is 2.89 bits per heavy atom. The number of halogens is 1. The highest BCUT2D eigenvalue weighted by atomic mass is 19.1. The number of hydrogen-bond acceptors (Lipinski definition) is 2. The van der Waals surface area contributed by atoms with Gasteiger partial charge in [-0.25, -0.2) is 4.39 Å². The summed E-state index contributed by atoms with van der Waals surface area (Å²) in [5.74, 6) is 0.876. The van der Waals surface area contributed by atoms with Crippen LogP contribution in [0.25, 0.3) is 0 Å². The number of alkyl halides is 1. The van der Waals surface area contributed by atoms with Crippen LogP contribution >= 0.6 is 0 Å². The lowest BCUT2D eigenvalue weighted by atomic mass is 9.81. The van der Waals surface area contributed by atoms with Crippen LogP contribution in [0.15, 0.2) is 24.3 Å². The second-order valence-corrected chi connectivity index (χ2v) is 5.31. The second-order valence-electron chi connectivity index (χ2n) is 5.31. The predicted octanol–water partition coefficient (Wildman–Crippen LogP) is 2.97. The quantitative estimate of drug-likeness (QED) is 0.888. The summed E-state index contributed by atoms with van der Waals surface area (Å²) in [7, 11) is 1.64. The lowest BCUT2D eigenvalue weighted by molar-refractivity contribution is 0.0826. The van der Waals surface area contributed by atoms with E-state index in [-0.39, 0.29) is 5.92 Å². The third-order valence-corrected chi connectivity index (χ3v) is 3.88. The Balaban J connectivity index is 2.10. The van der Waals surface area contributed by atoms with E-state index in [2.05, 4.69) is 5.32 Å². The second kappa shape index (κ2) is 5.70. The zero-order valence-electron chi connectivity index (χ0n) is 11.2. The fraction of sp³-hybridized carbons (Fsp3) is 0.600. The van der Waals surface area contributed by atoms with Gasteiger partial charge in [0, 0.05) is 18.9 Å². The highest BCUT2D eigenvalue weighted by molar-refractivity contribution is 5.34. The van der Waals surface area contributed by atoms with E-state index in [9.17, 15) is 4.39 Å². The van der Waals surface area contributed by atoms with Crippen molar-refractivity contribution in [3.05, 3.63) is 29.8 Å². The third-order valence-electron chi connectivity index (χ3n) is 3.88. The molecule has 1 fully saturated rings. The van der Waals surface area contributed by atoms with Gasteiger partial charge in [0.2, 0.25) is 0 Å². The minimum absolute atomic E-state index is 0.0937. The van der Waals surface area contributed by atoms with E-state index in [0.29, 0.717) is 6.42 Å². The smallest absolute Gasteiger partial charge is 0.122 e. The molecule has 1 aromatic carbocycles. The van der Waals surface area contributed by atoms with Crippen molar-refractivity contribution in [1.29, 1.82) is 0 Å². The molecule has 0 aliphatic carbocycles. The lowest BCUT2D eigenvalue weighted by Gasteiger charge is -2.34. The molecule has 1 saturated heterocycles. The average Bonchev–Trinajstić information content (AvgIpc) is 2.40. The van der Waals surface area contributed by atoms with Crippen molar-refractivity contribution >= 4 is 0 Å². The summed E-state index contributed by atoms with van der Waals surface area (Å²) >= 11 is 0. The van der Waals surface area contributed by atoms with E-state index in [1.807, 2.05) is 24.3 Å². The summed E-state index contributed by atoms with van der Waals surface area (Å²) in [6, 6.07) is 7.70. The molecule has 100 valence electrons. The topological polar surface area (TPSA) is 21.3 Å². The Morgan fingerprint density at radius 1 is 1.44 bits per heavy atom. The highest BCUT2D eigenvalue weighted by Gasteiger charge is 2.35. The van der Waals surface area contributed by atoms with Crippen LogP contribution in [-0.4, -0.2) is 25.9 Å². The Morgan fingerprint density at radius 2 is 2.22 bits per heavy atom. The van der Waals surface area contributed by atoms with Gasteiger partial charge in [0.05, 0.1) is 7.11 Å². The summed E-state index contributed by atoms with van der Waals surface area (Å²) in [4.78, 5) is 0. The standard InChI is InChI=1S/C15H22FNO/c1-15(16,13-7-5-9-17-11-13)10-12-6-3-4-8-14(12)18-2/h3-4,6,8,13,17H,5,7,9-11H2,1-2H3. The van der Waals surface area contributed by atoms with Crippen molar-refractivity contribution < 1.29 is 9.13 Å². The van der Waals surface area contributed by atoms with Crippen LogP contribution < -0.4 is 10.1 Å². The van der Waals surface area contributed by atoms with Crippen molar-refractivity contribution in [2.75, 3.05) is 20.2 Å². The molecule has 1 aliphatic heterocycles. The number of piperidine rings is 1. The fourth-order valence-electron chi connectivity index (χ4n) is 2.73. The maximum absolute atomic E-state index is 14.9. The Labute approximate surface area is 109 Å². The van der Waals surface area contributed by atoms with Crippen LogP contribution in [0.3, 0.4) is 0 Å². The molecule has 1 aromatic rings. The van der Waals surface area contributed by atoms with Crippen LogP contribution in [0.4, 0.5) is 4.39 Å². The van der Waals surface area contributed by atoms with E-state index in [1.165, 1.54) is 0 Å². The summed E-state index contributed by atoms with van der Waals surface area (Å²) in [5.41, 5.74) is -0.224. The molecule has 2 nitrogen and oxygen atoms in total. The number of nitrogens with one attached hydrogen (secondary N) is 1. The van der Waals surface area contributed by atoms with E-state index in [1.54, 1.807) is 14.0 Å². The minimum Gasteiger partial charge on any atom is -0.496 e. The van der Waals surface area contributed by atoms with Crippen LogP contribution in [0.5, 0.6) is 5.75 Å². The predicted molar refractivity (Wildman–Crippen MR) is 71.8 cm³/mol. The number of benzene rings is 1. The van der Waals surface area contributed by atoms with Gasteiger partial charge in [-0.15, -0.1) is 0 Å². The largest absolute Gasteiger partial charge is 0.496 e. The Bertz CT molecular complexity index is 386. The summed E-state index contributed by atoms with van der Waals surface area (Å²) in [6.45, 7) is 3.51. The van der Waals surface area contributed by atoms with Gasteiger partial charge < -0.3 is 10.1 Å². The molecule has 1 aliphatic rings. The molecule has 0 bridgehead atoms. The molecule has 2 rings (SSSR count). The van der Waals surface area contributed by atoms with Crippen LogP contribution in [0.1, 0.15) is 25.3 Å². The van der Waals surface area contributed by atoms with Gasteiger partial charge in [-0.05, 0) is 37.9 Å². The number of hydrogen-bond donors (Lipinski definition) is 1. The molecule has 0 aromatic heterocycles. The van der Waals surface area contributed by atoms with Crippen LogP contribution in [-0.2, 0) is 6.42 Å². The molecule has 0 amide bonds. The number of para-hydroxylation sites is 1. The minimum atomic E-state index is -1.18. The molecular weight excluding hydrogens is 229 g/mol. The highest BCUT2D eigenvalue weighted by Crippen LogP contribution is 2.33. The van der Waals surface area contributed by atoms with Gasteiger partial charge in [-0.1, -0.05) is 18.2 Å². The van der Waals surface area contributed by atoms with Gasteiger partial charge in [-0.2, -0.15) is 0 Å². The maximum Gasteiger partial charge on any atom is 0.122 e. The zero-order valence-corrected chi connectivity index (χ0v) is 11.2. The fourth-order valence-corrected chi connectivity index (χ4v) is 2.73. The van der Waals surface area contributed by atoms with Crippen molar-refractivity contribution in [3.8, 4) is 5.75 Å². The molecular formula is C15H22FNO. The molecule has 3 heteroatoms. The summed E-state index contributed by atoms with van der Waals surface area (Å²) < 4.78 is 20.2. The van der Waals surface area contributed by atoms with Crippen LogP contribution in [0, 0.1) is 5.92 Å². The normalized spacial score (nSPS) is 23.4. The monoisotopic (exact) mass is 251 g/mol. The van der Waals surface area contributed by atoms with E-state index >= 15 is 0 Å². The Hall–Kier alpha value is -1.09. The first-order valence-electron chi connectivity index (χ1n) is 6.65. The van der Waals surface area contributed by atoms with Crippen molar-refractivity contribution in [2.45, 2.75) is 31.9 Å². The van der Waals surface area contributed by atoms with Gasteiger partial charge in [-0.3, -0.25) is 0 Å². The van der Waals surface area contributed by atoms with E-state index in [4.69, 9.17) is 4.74 Å². The summed E-state index contributed by atoms with van der Waals surface area (Å²) in [5, 5.41) is 3.28. The van der Waals surface area contributed by atoms with E-state index < -0.39 is 5.67 Å². The van der Waals surface area contributed by atoms with Crippen molar-refractivity contribution in [1.82, 2.24) is 5.32 Å². The molecule has 0 radical (unpaired) electrons. The molecule has 2 atom stereocenters. The molecule has 0 saturated carbocycles. The lowest BCUT2D eigenvalue weighted by Crippen LogP contribution is -2.42. The van der Waals surface area contributed by atoms with Gasteiger partial charge in [0.15, 0.2) is 0 Å². The molecule has 1 N–H and O–H groups in total. The first-order valence-corrected chi connectivity index (χ1v) is 6.65. The zero-order chi connectivity index (χ0) is 13.0. The Kier molecular flexibility index (Phi) is 4.23. The molecule has 1 heterocycles. The average molecular weight is 251 g/mol. The van der Waals surface area contributed by atoms with Crippen LogP contribution in [0.2, 0.25) is 0 Å². The van der Waals surface area contributed by atoms with Crippen molar-refractivity contribution in [3.63, 3.8) is 0 Å². The number of rotatable bonds is 4. The van der Waals surface area contributed by atoms with Crippen molar-refractivity contribution in [2.24, 2.45) is 5.92 Å². The molecule has 18 heavy (non-hydrogen) atoms. The first-order chi connectivity index (χ1) is 8.63. The third kappa shape index (κ3) is 3.02. The van der Waals surface area contributed by atoms with Gasteiger partial charge >= 0.3 is 0 Å². The first kappa shape index (κ1) is 13.3. The SMILES string of the molecule is COc1ccccc1CC(C)(F)C1CCCNC1. The number of methoxy groups -OCH3 is 1. The number of ether oxygens (including phenoxy) is 1. The van der Waals surface area contributed by atoms with Gasteiger partial charge in [0.25, 0.3) is 0 Å².